The minimum atomic E-state index is -0.184. The van der Waals surface area contributed by atoms with Gasteiger partial charge in [0.05, 0.1) is 5.52 Å². The standard InChI is InChI=1S/C13H16N4OS/c1-2-6-19-7-5-15-13(18)12-10-8-9(14)3-4-11(10)16-17-12/h2-4,8H,1,5-7,14H2,(H,15,18)(H,16,17). The van der Waals surface area contributed by atoms with Gasteiger partial charge in [0, 0.05) is 29.1 Å². The van der Waals surface area contributed by atoms with Crippen LogP contribution in [0.3, 0.4) is 0 Å². The molecule has 0 atom stereocenters. The molecule has 0 aliphatic heterocycles. The fourth-order valence-electron chi connectivity index (χ4n) is 1.69. The Morgan fingerprint density at radius 2 is 2.42 bits per heavy atom. The number of nitrogen functional groups attached to an aromatic ring is 1. The molecule has 100 valence electrons. The van der Waals surface area contributed by atoms with Crippen molar-refractivity contribution in [2.75, 3.05) is 23.8 Å². The van der Waals surface area contributed by atoms with Gasteiger partial charge in [-0.3, -0.25) is 9.89 Å². The van der Waals surface area contributed by atoms with Gasteiger partial charge >= 0.3 is 0 Å². The van der Waals surface area contributed by atoms with E-state index in [4.69, 9.17) is 5.73 Å². The number of anilines is 1. The third-order valence-corrected chi connectivity index (χ3v) is 3.53. The smallest absolute Gasteiger partial charge is 0.272 e. The van der Waals surface area contributed by atoms with Crippen molar-refractivity contribution in [1.82, 2.24) is 15.5 Å². The number of hydrogen-bond acceptors (Lipinski definition) is 4. The van der Waals surface area contributed by atoms with Crippen molar-refractivity contribution < 1.29 is 4.79 Å². The lowest BCUT2D eigenvalue weighted by Gasteiger charge is -2.02. The molecule has 0 saturated carbocycles. The number of H-pyrrole nitrogens is 1. The Bertz CT molecular complexity index is 593. The number of aromatic amines is 1. The number of nitrogens with zero attached hydrogens (tertiary/aromatic N) is 1. The summed E-state index contributed by atoms with van der Waals surface area (Å²) in [6, 6.07) is 5.34. The Balaban J connectivity index is 2.01. The number of fused-ring (bicyclic) bond motifs is 1. The molecule has 0 aliphatic carbocycles. The van der Waals surface area contributed by atoms with Crippen LogP contribution in [-0.2, 0) is 0 Å². The molecule has 0 radical (unpaired) electrons. The van der Waals surface area contributed by atoms with Gasteiger partial charge in [-0.1, -0.05) is 6.08 Å². The number of carbonyl (C=O) groups excluding carboxylic acids is 1. The molecule has 5 nitrogen and oxygen atoms in total. The highest BCUT2D eigenvalue weighted by Crippen LogP contribution is 2.18. The summed E-state index contributed by atoms with van der Waals surface area (Å²) < 4.78 is 0. The second-order valence-corrected chi connectivity index (χ2v) is 5.15. The van der Waals surface area contributed by atoms with Gasteiger partial charge < -0.3 is 11.1 Å². The molecule has 0 saturated heterocycles. The molecule has 4 N–H and O–H groups in total. The zero-order chi connectivity index (χ0) is 13.7. The van der Waals surface area contributed by atoms with E-state index in [0.29, 0.717) is 17.9 Å². The Morgan fingerprint density at radius 1 is 1.58 bits per heavy atom. The lowest BCUT2D eigenvalue weighted by molar-refractivity contribution is 0.0953. The molecule has 1 amide bonds. The number of nitrogens with two attached hydrogens (primary N) is 1. The second-order valence-electron chi connectivity index (χ2n) is 4.00. The molecule has 0 spiro atoms. The van der Waals surface area contributed by atoms with Crippen molar-refractivity contribution in [2.24, 2.45) is 0 Å². The summed E-state index contributed by atoms with van der Waals surface area (Å²) >= 11 is 1.72. The number of rotatable bonds is 6. The molecule has 1 aromatic heterocycles. The van der Waals surface area contributed by atoms with Crippen LogP contribution in [0.5, 0.6) is 0 Å². The highest BCUT2D eigenvalue weighted by atomic mass is 32.2. The van der Waals surface area contributed by atoms with Crippen LogP contribution in [0.1, 0.15) is 10.5 Å². The average molecular weight is 276 g/mol. The summed E-state index contributed by atoms with van der Waals surface area (Å²) in [5, 5.41) is 10.4. The number of benzene rings is 1. The number of carbonyl (C=O) groups is 1. The molecule has 6 heteroatoms. The van der Waals surface area contributed by atoms with Gasteiger partial charge in [-0.25, -0.2) is 0 Å². The predicted molar refractivity (Wildman–Crippen MR) is 80.4 cm³/mol. The first-order chi connectivity index (χ1) is 9.22. The Morgan fingerprint density at radius 3 is 3.21 bits per heavy atom. The van der Waals surface area contributed by atoms with Gasteiger partial charge in [0.2, 0.25) is 0 Å². The van der Waals surface area contributed by atoms with Crippen molar-refractivity contribution in [3.63, 3.8) is 0 Å². The van der Waals surface area contributed by atoms with Gasteiger partial charge in [0.1, 0.15) is 0 Å². The molecular weight excluding hydrogens is 260 g/mol. The summed E-state index contributed by atoms with van der Waals surface area (Å²) in [4.78, 5) is 12.0. The molecule has 2 aromatic rings. The van der Waals surface area contributed by atoms with Crippen LogP contribution in [0.2, 0.25) is 0 Å². The highest BCUT2D eigenvalue weighted by Gasteiger charge is 2.13. The van der Waals surface area contributed by atoms with E-state index in [1.165, 1.54) is 0 Å². The average Bonchev–Trinajstić information content (AvgIpc) is 2.81. The number of nitrogens with one attached hydrogen (secondary N) is 2. The van der Waals surface area contributed by atoms with E-state index >= 15 is 0 Å². The van der Waals surface area contributed by atoms with Crippen molar-refractivity contribution in [1.29, 1.82) is 0 Å². The minimum absolute atomic E-state index is 0.184. The molecule has 0 aliphatic rings. The van der Waals surface area contributed by atoms with E-state index in [9.17, 15) is 4.79 Å². The minimum Gasteiger partial charge on any atom is -0.399 e. The third-order valence-electron chi connectivity index (χ3n) is 2.57. The topological polar surface area (TPSA) is 83.8 Å². The normalized spacial score (nSPS) is 10.5. The molecule has 0 bridgehead atoms. The van der Waals surface area contributed by atoms with Crippen molar-refractivity contribution in [3.05, 3.63) is 36.5 Å². The quantitative estimate of drug-likeness (QED) is 0.427. The van der Waals surface area contributed by atoms with E-state index in [2.05, 4.69) is 22.1 Å². The Hall–Kier alpha value is -1.95. The molecule has 0 fully saturated rings. The fourth-order valence-corrected chi connectivity index (χ4v) is 2.27. The molecule has 1 aromatic carbocycles. The van der Waals surface area contributed by atoms with Crippen LogP contribution in [0.15, 0.2) is 30.9 Å². The summed E-state index contributed by atoms with van der Waals surface area (Å²) in [5.74, 6) is 1.55. The molecular formula is C13H16N4OS. The number of aromatic nitrogens is 2. The van der Waals surface area contributed by atoms with Crippen LogP contribution in [0, 0.1) is 0 Å². The predicted octanol–water partition coefficient (Wildman–Crippen LogP) is 1.79. The molecule has 19 heavy (non-hydrogen) atoms. The van der Waals surface area contributed by atoms with Gasteiger partial charge in [0.25, 0.3) is 5.91 Å². The summed E-state index contributed by atoms with van der Waals surface area (Å²) in [6.07, 6.45) is 1.84. The Labute approximate surface area is 115 Å². The highest BCUT2D eigenvalue weighted by molar-refractivity contribution is 7.99. The molecule has 2 rings (SSSR count). The van der Waals surface area contributed by atoms with Crippen LogP contribution >= 0.6 is 11.8 Å². The van der Waals surface area contributed by atoms with Gasteiger partial charge in [-0.2, -0.15) is 16.9 Å². The first-order valence-corrected chi connectivity index (χ1v) is 7.08. The van der Waals surface area contributed by atoms with Crippen molar-refractivity contribution in [3.8, 4) is 0 Å². The summed E-state index contributed by atoms with van der Waals surface area (Å²) in [5.41, 5.74) is 7.53. The van der Waals surface area contributed by atoms with Gasteiger partial charge in [-0.05, 0) is 18.2 Å². The van der Waals surface area contributed by atoms with E-state index in [0.717, 1.165) is 22.4 Å². The van der Waals surface area contributed by atoms with E-state index in [-0.39, 0.29) is 5.91 Å². The maximum Gasteiger partial charge on any atom is 0.272 e. The summed E-state index contributed by atoms with van der Waals surface area (Å²) in [6.45, 7) is 4.25. The van der Waals surface area contributed by atoms with Crippen molar-refractivity contribution in [2.45, 2.75) is 0 Å². The van der Waals surface area contributed by atoms with Crippen LogP contribution < -0.4 is 11.1 Å². The van der Waals surface area contributed by atoms with E-state index < -0.39 is 0 Å². The second kappa shape index (κ2) is 6.29. The monoisotopic (exact) mass is 276 g/mol. The lowest BCUT2D eigenvalue weighted by atomic mass is 10.2. The van der Waals surface area contributed by atoms with Crippen LogP contribution in [0.4, 0.5) is 5.69 Å². The summed E-state index contributed by atoms with van der Waals surface area (Å²) in [7, 11) is 0. The zero-order valence-electron chi connectivity index (χ0n) is 10.5. The Kier molecular flexibility index (Phi) is 4.46. The van der Waals surface area contributed by atoms with E-state index in [1.807, 2.05) is 12.1 Å². The van der Waals surface area contributed by atoms with Gasteiger partial charge in [0.15, 0.2) is 5.69 Å². The van der Waals surface area contributed by atoms with Gasteiger partial charge in [-0.15, -0.1) is 6.58 Å². The lowest BCUT2D eigenvalue weighted by Crippen LogP contribution is -2.26. The molecule has 0 unspecified atom stereocenters. The van der Waals surface area contributed by atoms with E-state index in [1.54, 1.807) is 23.9 Å². The number of amides is 1. The first-order valence-electron chi connectivity index (χ1n) is 5.93. The van der Waals surface area contributed by atoms with Crippen LogP contribution in [-0.4, -0.2) is 34.2 Å². The fraction of sp³-hybridized carbons (Fsp3) is 0.231. The zero-order valence-corrected chi connectivity index (χ0v) is 11.3. The first kappa shape index (κ1) is 13.5. The maximum absolute atomic E-state index is 12.0. The maximum atomic E-state index is 12.0. The number of thioether (sulfide) groups is 1. The number of hydrogen-bond donors (Lipinski definition) is 3. The van der Waals surface area contributed by atoms with Crippen LogP contribution in [0.25, 0.3) is 10.9 Å². The molecule has 1 heterocycles. The third kappa shape index (κ3) is 3.29. The largest absolute Gasteiger partial charge is 0.399 e. The SMILES string of the molecule is C=CCSCCNC(=O)c1n[nH]c2ccc(N)cc12. The van der Waals surface area contributed by atoms with Crippen molar-refractivity contribution >= 4 is 34.3 Å².